The number of aliphatic hydroxyl groups is 1. The first kappa shape index (κ1) is 10.9. The molecule has 0 spiro atoms. The first-order valence-corrected chi connectivity index (χ1v) is 5.38. The first-order chi connectivity index (χ1) is 7.70. The maximum atomic E-state index is 9.09. The molecule has 1 N–H and O–H groups in total. The van der Waals surface area contributed by atoms with Crippen molar-refractivity contribution in [3.63, 3.8) is 0 Å². The van der Waals surface area contributed by atoms with Gasteiger partial charge >= 0.3 is 0 Å². The van der Waals surface area contributed by atoms with E-state index in [1.54, 1.807) is 4.68 Å². The van der Waals surface area contributed by atoms with E-state index in [2.05, 4.69) is 24.2 Å². The highest BCUT2D eigenvalue weighted by atomic mass is 16.3. The molecule has 0 saturated heterocycles. The third-order valence-corrected chi connectivity index (χ3v) is 2.82. The molecule has 1 heterocycles. The second kappa shape index (κ2) is 4.49. The lowest BCUT2D eigenvalue weighted by atomic mass is 10.0. The van der Waals surface area contributed by atoms with Crippen molar-refractivity contribution >= 4 is 0 Å². The van der Waals surface area contributed by atoms with Crippen LogP contribution in [0.5, 0.6) is 0 Å². The van der Waals surface area contributed by atoms with Crippen LogP contribution in [0.3, 0.4) is 0 Å². The van der Waals surface area contributed by atoms with Crippen molar-refractivity contribution in [1.29, 1.82) is 0 Å². The Morgan fingerprint density at radius 3 is 2.69 bits per heavy atom. The summed E-state index contributed by atoms with van der Waals surface area (Å²) in [5, 5.41) is 13.5. The summed E-state index contributed by atoms with van der Waals surface area (Å²) in [6, 6.07) is 10.2. The van der Waals surface area contributed by atoms with Gasteiger partial charge in [-0.1, -0.05) is 24.3 Å². The summed E-state index contributed by atoms with van der Waals surface area (Å²) in [6.45, 7) is 2.14. The van der Waals surface area contributed by atoms with Crippen LogP contribution in [-0.2, 0) is 20.1 Å². The quantitative estimate of drug-likeness (QED) is 0.849. The standard InChI is InChI=1S/C13H16N2O/c1-10-5-3-4-6-11(10)7-12-8-13(9-16)15(2)14-12/h3-6,8,16H,7,9H2,1-2H3. The minimum Gasteiger partial charge on any atom is -0.390 e. The van der Waals surface area contributed by atoms with E-state index in [4.69, 9.17) is 5.11 Å². The molecule has 84 valence electrons. The Morgan fingerprint density at radius 1 is 1.31 bits per heavy atom. The normalized spacial score (nSPS) is 10.7. The van der Waals surface area contributed by atoms with Crippen LogP contribution in [0.15, 0.2) is 30.3 Å². The first-order valence-electron chi connectivity index (χ1n) is 5.38. The van der Waals surface area contributed by atoms with E-state index in [0.717, 1.165) is 17.8 Å². The molecule has 3 nitrogen and oxygen atoms in total. The predicted molar refractivity (Wildman–Crippen MR) is 63.1 cm³/mol. The smallest absolute Gasteiger partial charge is 0.0849 e. The van der Waals surface area contributed by atoms with Gasteiger partial charge in [-0.05, 0) is 24.1 Å². The average molecular weight is 216 g/mol. The Morgan fingerprint density at radius 2 is 2.06 bits per heavy atom. The van der Waals surface area contributed by atoms with Crippen LogP contribution in [0.2, 0.25) is 0 Å². The SMILES string of the molecule is Cc1ccccc1Cc1cc(CO)n(C)n1. The van der Waals surface area contributed by atoms with Gasteiger partial charge in [0.05, 0.1) is 18.0 Å². The molecule has 0 aliphatic heterocycles. The maximum Gasteiger partial charge on any atom is 0.0849 e. The average Bonchev–Trinajstić information content (AvgIpc) is 2.62. The zero-order chi connectivity index (χ0) is 11.5. The Balaban J connectivity index is 2.24. The van der Waals surface area contributed by atoms with Crippen molar-refractivity contribution in [2.45, 2.75) is 20.0 Å². The molecule has 3 heteroatoms. The largest absolute Gasteiger partial charge is 0.390 e. The minimum absolute atomic E-state index is 0.0390. The second-order valence-electron chi connectivity index (χ2n) is 4.01. The van der Waals surface area contributed by atoms with Crippen molar-refractivity contribution < 1.29 is 5.11 Å². The maximum absolute atomic E-state index is 9.09. The molecule has 0 saturated carbocycles. The van der Waals surface area contributed by atoms with Crippen LogP contribution in [0.25, 0.3) is 0 Å². The molecule has 0 amide bonds. The zero-order valence-electron chi connectivity index (χ0n) is 9.64. The summed E-state index contributed by atoms with van der Waals surface area (Å²) in [7, 11) is 1.85. The van der Waals surface area contributed by atoms with Gasteiger partial charge in [0, 0.05) is 13.5 Å². The van der Waals surface area contributed by atoms with E-state index in [0.29, 0.717) is 0 Å². The van der Waals surface area contributed by atoms with E-state index in [1.165, 1.54) is 11.1 Å². The highest BCUT2D eigenvalue weighted by Crippen LogP contribution is 2.13. The Hall–Kier alpha value is -1.61. The zero-order valence-corrected chi connectivity index (χ0v) is 9.64. The van der Waals surface area contributed by atoms with Gasteiger partial charge in [-0.2, -0.15) is 5.10 Å². The molecule has 0 atom stereocenters. The van der Waals surface area contributed by atoms with Crippen LogP contribution in [0, 0.1) is 6.92 Å². The number of aromatic nitrogens is 2. The number of hydrogen-bond donors (Lipinski definition) is 1. The molecular formula is C13H16N2O. The summed E-state index contributed by atoms with van der Waals surface area (Å²) < 4.78 is 1.73. The monoisotopic (exact) mass is 216 g/mol. The molecule has 0 bridgehead atoms. The molecule has 2 rings (SSSR count). The van der Waals surface area contributed by atoms with E-state index < -0.39 is 0 Å². The Labute approximate surface area is 95.3 Å². The van der Waals surface area contributed by atoms with Crippen molar-refractivity contribution in [1.82, 2.24) is 9.78 Å². The molecule has 0 unspecified atom stereocenters. The summed E-state index contributed by atoms with van der Waals surface area (Å²) in [5.41, 5.74) is 4.41. The lowest BCUT2D eigenvalue weighted by molar-refractivity contribution is 0.270. The topological polar surface area (TPSA) is 38.0 Å². The molecule has 0 radical (unpaired) electrons. The van der Waals surface area contributed by atoms with Crippen molar-refractivity contribution in [2.24, 2.45) is 7.05 Å². The number of hydrogen-bond acceptors (Lipinski definition) is 2. The lowest BCUT2D eigenvalue weighted by Gasteiger charge is -2.02. The molecule has 0 fully saturated rings. The molecular weight excluding hydrogens is 200 g/mol. The number of aryl methyl sites for hydroxylation is 2. The van der Waals surface area contributed by atoms with Gasteiger partial charge in [0.25, 0.3) is 0 Å². The van der Waals surface area contributed by atoms with Crippen molar-refractivity contribution in [3.8, 4) is 0 Å². The van der Waals surface area contributed by atoms with Crippen LogP contribution >= 0.6 is 0 Å². The molecule has 2 aromatic rings. The van der Waals surface area contributed by atoms with Crippen molar-refractivity contribution in [3.05, 3.63) is 52.8 Å². The van der Waals surface area contributed by atoms with Crippen LogP contribution in [-0.4, -0.2) is 14.9 Å². The third kappa shape index (κ3) is 2.14. The fourth-order valence-electron chi connectivity index (χ4n) is 1.81. The highest BCUT2D eigenvalue weighted by Gasteiger charge is 2.06. The van der Waals surface area contributed by atoms with Crippen LogP contribution in [0.1, 0.15) is 22.5 Å². The Bertz CT molecular complexity index is 488. The fraction of sp³-hybridized carbons (Fsp3) is 0.308. The summed E-state index contributed by atoms with van der Waals surface area (Å²) in [5.74, 6) is 0. The summed E-state index contributed by atoms with van der Waals surface area (Å²) >= 11 is 0. The van der Waals surface area contributed by atoms with Gasteiger partial charge in [0.15, 0.2) is 0 Å². The van der Waals surface area contributed by atoms with Crippen LogP contribution < -0.4 is 0 Å². The van der Waals surface area contributed by atoms with Gasteiger partial charge in [-0.25, -0.2) is 0 Å². The molecule has 0 aliphatic rings. The number of rotatable bonds is 3. The fourth-order valence-corrected chi connectivity index (χ4v) is 1.81. The molecule has 0 aliphatic carbocycles. The molecule has 16 heavy (non-hydrogen) atoms. The van der Waals surface area contributed by atoms with Gasteiger partial charge in [-0.3, -0.25) is 4.68 Å². The minimum atomic E-state index is 0.0390. The van der Waals surface area contributed by atoms with Crippen molar-refractivity contribution in [2.75, 3.05) is 0 Å². The number of aliphatic hydroxyl groups excluding tert-OH is 1. The van der Waals surface area contributed by atoms with E-state index in [-0.39, 0.29) is 6.61 Å². The van der Waals surface area contributed by atoms with E-state index >= 15 is 0 Å². The summed E-state index contributed by atoms with van der Waals surface area (Å²) in [6.07, 6.45) is 0.820. The highest BCUT2D eigenvalue weighted by molar-refractivity contribution is 5.29. The third-order valence-electron chi connectivity index (χ3n) is 2.82. The van der Waals surface area contributed by atoms with Gasteiger partial charge in [0.2, 0.25) is 0 Å². The number of nitrogens with zero attached hydrogens (tertiary/aromatic N) is 2. The molecule has 1 aromatic carbocycles. The molecule has 1 aromatic heterocycles. The van der Waals surface area contributed by atoms with Gasteiger partial charge < -0.3 is 5.11 Å². The Kier molecular flexibility index (Phi) is 3.06. The van der Waals surface area contributed by atoms with Gasteiger partial charge in [-0.15, -0.1) is 0 Å². The summed E-state index contributed by atoms with van der Waals surface area (Å²) in [4.78, 5) is 0. The van der Waals surface area contributed by atoms with E-state index in [1.807, 2.05) is 25.2 Å². The number of benzene rings is 1. The second-order valence-corrected chi connectivity index (χ2v) is 4.01. The lowest BCUT2D eigenvalue weighted by Crippen LogP contribution is -1.98. The van der Waals surface area contributed by atoms with E-state index in [9.17, 15) is 0 Å². The van der Waals surface area contributed by atoms with Crippen LogP contribution in [0.4, 0.5) is 0 Å². The predicted octanol–water partition coefficient (Wildman–Crippen LogP) is 1.81. The van der Waals surface area contributed by atoms with Gasteiger partial charge in [0.1, 0.15) is 0 Å².